The monoisotopic (exact) mass is 332 g/mol. The third kappa shape index (κ3) is 2.95. The van der Waals surface area contributed by atoms with E-state index in [2.05, 4.69) is 4.90 Å². The second kappa shape index (κ2) is 6.55. The van der Waals surface area contributed by atoms with Gasteiger partial charge >= 0.3 is 0 Å². The van der Waals surface area contributed by atoms with Gasteiger partial charge in [0.25, 0.3) is 0 Å². The molecule has 2 aromatic carbocycles. The maximum Gasteiger partial charge on any atom is 0.209 e. The van der Waals surface area contributed by atoms with E-state index in [0.717, 1.165) is 31.6 Å². The fourth-order valence-electron chi connectivity index (χ4n) is 3.50. The van der Waals surface area contributed by atoms with E-state index in [0.29, 0.717) is 22.5 Å². The molecule has 1 fully saturated rings. The maximum absolute atomic E-state index is 13.0. The molecule has 4 rings (SSSR count). The summed E-state index contributed by atoms with van der Waals surface area (Å²) in [4.78, 5) is 19.8. The number of aliphatic imine (C=N–C) groups is 1. The smallest absolute Gasteiger partial charge is 0.209 e. The molecule has 0 bridgehead atoms. The van der Waals surface area contributed by atoms with E-state index >= 15 is 0 Å². The van der Waals surface area contributed by atoms with Gasteiger partial charge in [0.05, 0.1) is 22.7 Å². The predicted octanol–water partition coefficient (Wildman–Crippen LogP) is 4.08. The molecule has 0 saturated carbocycles. The number of likely N-dealkylation sites (tertiary alicyclic amines) is 1. The van der Waals surface area contributed by atoms with E-state index in [1.165, 1.54) is 6.42 Å². The summed E-state index contributed by atoms with van der Waals surface area (Å²) in [5.41, 5.74) is 3.18. The van der Waals surface area contributed by atoms with Gasteiger partial charge in [-0.25, -0.2) is 4.99 Å². The number of ketones is 1. The van der Waals surface area contributed by atoms with Crippen molar-refractivity contribution in [1.82, 2.24) is 4.90 Å². The molecule has 1 aliphatic carbocycles. The van der Waals surface area contributed by atoms with Crippen LogP contribution in [0.4, 0.5) is 5.69 Å². The SMILES string of the molecule is O=C1C(N2CCCCC2)=CC(=Nc2ccccc2)c2c(O)cccc21. The van der Waals surface area contributed by atoms with Crippen LogP contribution in [0.25, 0.3) is 0 Å². The summed E-state index contributed by atoms with van der Waals surface area (Å²) in [6.07, 6.45) is 5.24. The first-order valence-electron chi connectivity index (χ1n) is 8.71. The van der Waals surface area contributed by atoms with Gasteiger partial charge in [-0.15, -0.1) is 0 Å². The number of rotatable bonds is 2. The fourth-order valence-corrected chi connectivity index (χ4v) is 3.50. The van der Waals surface area contributed by atoms with Crippen molar-refractivity contribution in [3.63, 3.8) is 0 Å². The van der Waals surface area contributed by atoms with Gasteiger partial charge in [-0.3, -0.25) is 4.79 Å². The van der Waals surface area contributed by atoms with Crippen LogP contribution in [0.5, 0.6) is 5.75 Å². The number of phenols is 1. The van der Waals surface area contributed by atoms with Gasteiger partial charge in [0, 0.05) is 18.7 Å². The van der Waals surface area contributed by atoms with Gasteiger partial charge in [-0.2, -0.15) is 0 Å². The van der Waals surface area contributed by atoms with Gasteiger partial charge in [-0.05, 0) is 43.5 Å². The molecule has 4 nitrogen and oxygen atoms in total. The van der Waals surface area contributed by atoms with Gasteiger partial charge in [0.15, 0.2) is 0 Å². The lowest BCUT2D eigenvalue weighted by Gasteiger charge is -2.32. The maximum atomic E-state index is 13.0. The molecule has 0 unspecified atom stereocenters. The Morgan fingerprint density at radius 3 is 2.44 bits per heavy atom. The van der Waals surface area contributed by atoms with Crippen molar-refractivity contribution < 1.29 is 9.90 Å². The van der Waals surface area contributed by atoms with Crippen LogP contribution in [0, 0.1) is 0 Å². The fraction of sp³-hybridized carbons (Fsp3) is 0.238. The highest BCUT2D eigenvalue weighted by molar-refractivity contribution is 6.27. The van der Waals surface area contributed by atoms with E-state index < -0.39 is 0 Å². The minimum atomic E-state index is -0.0280. The molecule has 2 aliphatic rings. The van der Waals surface area contributed by atoms with Crippen LogP contribution in [0.2, 0.25) is 0 Å². The average molecular weight is 332 g/mol. The molecule has 1 N–H and O–H groups in total. The van der Waals surface area contributed by atoms with E-state index in [-0.39, 0.29) is 11.5 Å². The molecule has 0 radical (unpaired) electrons. The summed E-state index contributed by atoms with van der Waals surface area (Å²) in [6.45, 7) is 1.79. The number of carbonyl (C=O) groups is 1. The first-order valence-corrected chi connectivity index (χ1v) is 8.71. The molecule has 4 heteroatoms. The molecule has 0 spiro atoms. The first kappa shape index (κ1) is 15.6. The Bertz CT molecular complexity index is 863. The molecule has 1 heterocycles. The van der Waals surface area contributed by atoms with Crippen molar-refractivity contribution in [3.05, 3.63) is 71.4 Å². The molecular formula is C21H20N2O2. The topological polar surface area (TPSA) is 52.9 Å². The van der Waals surface area contributed by atoms with Crippen molar-refractivity contribution in [2.24, 2.45) is 4.99 Å². The van der Waals surface area contributed by atoms with Crippen molar-refractivity contribution in [2.75, 3.05) is 13.1 Å². The van der Waals surface area contributed by atoms with Crippen LogP contribution in [0.15, 0.2) is 65.3 Å². The van der Waals surface area contributed by atoms with Crippen LogP contribution >= 0.6 is 0 Å². The quantitative estimate of drug-likeness (QED) is 0.901. The Labute approximate surface area is 147 Å². The largest absolute Gasteiger partial charge is 0.507 e. The molecule has 0 aromatic heterocycles. The molecule has 2 aromatic rings. The van der Waals surface area contributed by atoms with Gasteiger partial charge < -0.3 is 10.0 Å². The van der Waals surface area contributed by atoms with Gasteiger partial charge in [0.2, 0.25) is 5.78 Å². The standard InChI is InChI=1S/C21H20N2O2/c24-19-11-7-10-16-20(19)17(22-15-8-3-1-4-9-15)14-18(21(16)25)23-12-5-2-6-13-23/h1,3-4,7-11,14,24H,2,5-6,12-13H2. The van der Waals surface area contributed by atoms with Crippen LogP contribution in [-0.2, 0) is 0 Å². The van der Waals surface area contributed by atoms with E-state index in [9.17, 15) is 9.90 Å². The molecule has 1 aliphatic heterocycles. The second-order valence-electron chi connectivity index (χ2n) is 6.44. The molecule has 0 atom stereocenters. The number of aromatic hydroxyl groups is 1. The molecule has 1 saturated heterocycles. The third-order valence-corrected chi connectivity index (χ3v) is 4.75. The van der Waals surface area contributed by atoms with Crippen LogP contribution < -0.4 is 0 Å². The number of hydrogen-bond acceptors (Lipinski definition) is 4. The Hall–Kier alpha value is -2.88. The summed E-state index contributed by atoms with van der Waals surface area (Å²) in [5.74, 6) is 0.0642. The number of Topliss-reactive ketones (excluding diaryl/α,β-unsaturated/α-hetero) is 1. The van der Waals surface area contributed by atoms with E-state index in [1.807, 2.05) is 36.4 Å². The highest BCUT2D eigenvalue weighted by Crippen LogP contribution is 2.32. The molecule has 0 amide bonds. The summed E-state index contributed by atoms with van der Waals surface area (Å²) in [5, 5.41) is 10.3. The number of para-hydroxylation sites is 1. The average Bonchev–Trinajstić information content (AvgIpc) is 2.65. The summed E-state index contributed by atoms with van der Waals surface area (Å²) in [6, 6.07) is 14.7. The van der Waals surface area contributed by atoms with Gasteiger partial charge in [0.1, 0.15) is 5.75 Å². The minimum absolute atomic E-state index is 0.0280. The zero-order valence-electron chi connectivity index (χ0n) is 14.0. The number of fused-ring (bicyclic) bond motifs is 1. The normalized spacial score (nSPS) is 18.9. The van der Waals surface area contributed by atoms with Gasteiger partial charge in [-0.1, -0.05) is 30.3 Å². The lowest BCUT2D eigenvalue weighted by atomic mass is 9.90. The van der Waals surface area contributed by atoms with Crippen molar-refractivity contribution in [3.8, 4) is 5.75 Å². The zero-order chi connectivity index (χ0) is 17.2. The number of allylic oxidation sites excluding steroid dienone is 2. The lowest BCUT2D eigenvalue weighted by molar-refractivity contribution is 0.0981. The number of benzene rings is 2. The van der Waals surface area contributed by atoms with Crippen LogP contribution in [0.1, 0.15) is 35.2 Å². The summed E-state index contributed by atoms with van der Waals surface area (Å²) in [7, 11) is 0. The highest BCUT2D eigenvalue weighted by Gasteiger charge is 2.30. The van der Waals surface area contributed by atoms with Crippen molar-refractivity contribution in [2.45, 2.75) is 19.3 Å². The van der Waals surface area contributed by atoms with E-state index in [1.54, 1.807) is 18.2 Å². The highest BCUT2D eigenvalue weighted by atomic mass is 16.3. The minimum Gasteiger partial charge on any atom is -0.507 e. The summed E-state index contributed by atoms with van der Waals surface area (Å²) >= 11 is 0. The van der Waals surface area contributed by atoms with Crippen molar-refractivity contribution in [1.29, 1.82) is 0 Å². The number of phenolic OH excluding ortho intramolecular Hbond substituents is 1. The summed E-state index contributed by atoms with van der Waals surface area (Å²) < 4.78 is 0. The number of nitrogens with zero attached hydrogens (tertiary/aromatic N) is 2. The molecular weight excluding hydrogens is 312 g/mol. The first-order chi connectivity index (χ1) is 12.2. The number of piperidine rings is 1. The van der Waals surface area contributed by atoms with E-state index in [4.69, 9.17) is 4.99 Å². The Morgan fingerprint density at radius 2 is 1.68 bits per heavy atom. The Morgan fingerprint density at radius 1 is 0.920 bits per heavy atom. The van der Waals surface area contributed by atoms with Crippen LogP contribution in [-0.4, -0.2) is 34.6 Å². The predicted molar refractivity (Wildman–Crippen MR) is 98.6 cm³/mol. The Balaban J connectivity index is 1.85. The zero-order valence-corrected chi connectivity index (χ0v) is 14.0. The lowest BCUT2D eigenvalue weighted by Crippen LogP contribution is -2.35. The number of carbonyl (C=O) groups excluding carboxylic acids is 1. The third-order valence-electron chi connectivity index (χ3n) is 4.75. The Kier molecular flexibility index (Phi) is 4.10. The second-order valence-corrected chi connectivity index (χ2v) is 6.44. The van der Waals surface area contributed by atoms with Crippen molar-refractivity contribution >= 4 is 17.2 Å². The number of hydrogen-bond donors (Lipinski definition) is 1. The van der Waals surface area contributed by atoms with Crippen LogP contribution in [0.3, 0.4) is 0 Å². The molecule has 25 heavy (non-hydrogen) atoms. The molecule has 126 valence electrons.